The highest BCUT2D eigenvalue weighted by molar-refractivity contribution is 9.09. The summed E-state index contributed by atoms with van der Waals surface area (Å²) >= 11 is 24.7. The molecule has 81 heavy (non-hydrogen) atoms. The Morgan fingerprint density at radius 3 is 1.26 bits per heavy atom. The number of nitrogens with one attached hydrogen (secondary N) is 2. The Kier molecular flexibility index (Phi) is 37.3. The van der Waals surface area contributed by atoms with Gasteiger partial charge >= 0.3 is 17.9 Å². The van der Waals surface area contributed by atoms with Gasteiger partial charge in [-0.3, -0.25) is 18.6 Å². The lowest BCUT2D eigenvalue weighted by Gasteiger charge is -2.27. The number of alkyl halides is 5. The molecule has 0 saturated heterocycles. The van der Waals surface area contributed by atoms with Crippen LogP contribution in [0.1, 0.15) is 112 Å². The molecule has 0 aromatic heterocycles. The molecule has 0 bridgehead atoms. The fourth-order valence-corrected chi connectivity index (χ4v) is 10.4. The molecule has 25 heteroatoms. The van der Waals surface area contributed by atoms with Crippen molar-refractivity contribution in [1.29, 1.82) is 0 Å². The molecule has 452 valence electrons. The number of carbonyl (C=O) groups is 5. The third kappa shape index (κ3) is 31.9. The van der Waals surface area contributed by atoms with E-state index in [1.165, 1.54) is 14.8 Å². The van der Waals surface area contributed by atoms with E-state index in [2.05, 4.69) is 70.3 Å². The van der Waals surface area contributed by atoms with Gasteiger partial charge in [-0.1, -0.05) is 50.1 Å². The SMILES string of the molecule is Cc1ccc(N(CCCl)CCBr)cc1C(CN)CC(=O)O.Cc1ccc(N(CCCl)CCBr)cc1C(CN[B]C=O)CC(=O)OC(C)(C)C.Cc1ccc(N(CCCl)CCOS(C)(=O)=O)cc1C(CN[B]C=O)CC(=O)OC(C)(C)C. The molecule has 2 radical (unpaired) electrons. The molecule has 3 unspecified atom stereocenters. The molecule has 0 fully saturated rings. The number of hydrogen-bond acceptors (Lipinski definition) is 16. The van der Waals surface area contributed by atoms with Crippen LogP contribution in [0.4, 0.5) is 17.1 Å². The maximum absolute atomic E-state index is 12.5. The second-order valence-electron chi connectivity index (χ2n) is 21.0. The Morgan fingerprint density at radius 1 is 0.630 bits per heavy atom. The van der Waals surface area contributed by atoms with E-state index in [0.29, 0.717) is 62.7 Å². The largest absolute Gasteiger partial charge is 0.481 e. The van der Waals surface area contributed by atoms with Crippen LogP contribution in [0.25, 0.3) is 0 Å². The number of anilines is 3. The molecule has 0 spiro atoms. The standard InChI is InChI=1S/C21H33BClN2O6S.C20H30BBrClN2O3.C15H22BrClN2O2/c1-16-6-7-18(25(9-8-23)10-11-30-32(5,28)29)13-19(16)17(14-24-22-15-26)12-20(27)31-21(2,3)4;1-15-5-6-17(25(9-7-22)10-8-23)12-18(15)16(13-24-21-14-26)11-19(27)28-20(2,3)4;1-11-2-3-13(19(6-4-16)7-5-17)9-14(11)12(10-18)8-15(20)21/h6-7,13,15,17,24H,8-12,14H2,1-5H3;5-6,12,14,16,24H,7-11,13H2,1-4H3;2-3,9,12H,4-8,10,18H2,1H3,(H,20,21). The van der Waals surface area contributed by atoms with E-state index in [1.807, 2.05) is 104 Å². The molecular weight excluding hydrogens is 1250 g/mol. The molecule has 0 amide bonds. The van der Waals surface area contributed by atoms with Crippen molar-refractivity contribution in [3.8, 4) is 0 Å². The second-order valence-corrected chi connectivity index (χ2v) is 25.3. The Morgan fingerprint density at radius 2 is 0.975 bits per heavy atom. The van der Waals surface area contributed by atoms with Crippen LogP contribution in [0.5, 0.6) is 0 Å². The van der Waals surface area contributed by atoms with Crippen molar-refractivity contribution in [2.24, 2.45) is 5.73 Å². The lowest BCUT2D eigenvalue weighted by atomic mass is 9.88. The number of aryl methyl sites for hydroxylation is 3. The maximum Gasteiger partial charge on any atom is 0.306 e. The summed E-state index contributed by atoms with van der Waals surface area (Å²) in [4.78, 5) is 63.6. The van der Waals surface area contributed by atoms with Gasteiger partial charge in [0.1, 0.15) is 11.2 Å². The number of benzene rings is 3. The monoisotopic (exact) mass is 1330 g/mol. The molecule has 3 rings (SSSR count). The highest BCUT2D eigenvalue weighted by Gasteiger charge is 2.26. The average Bonchev–Trinajstić information content (AvgIpc) is 3.36. The molecule has 5 N–H and O–H groups in total. The second kappa shape index (κ2) is 40.0. The van der Waals surface area contributed by atoms with Crippen LogP contribution >= 0.6 is 66.7 Å². The van der Waals surface area contributed by atoms with Gasteiger partial charge in [-0.15, -0.1) is 34.8 Å². The molecule has 0 saturated carbocycles. The third-order valence-corrected chi connectivity index (χ3v) is 13.9. The van der Waals surface area contributed by atoms with Crippen molar-refractivity contribution in [2.75, 3.05) is 115 Å². The summed E-state index contributed by atoms with van der Waals surface area (Å²) in [6.07, 6.45) is 2.77. The van der Waals surface area contributed by atoms with E-state index in [0.717, 1.165) is 93.5 Å². The first-order valence-corrected chi connectivity index (χ1v) is 32.3. The van der Waals surface area contributed by atoms with E-state index >= 15 is 0 Å². The first-order chi connectivity index (χ1) is 38.1. The molecule has 0 aliphatic carbocycles. The summed E-state index contributed by atoms with van der Waals surface area (Å²) < 4.78 is 38.4. The summed E-state index contributed by atoms with van der Waals surface area (Å²) in [6, 6.07) is 18.2. The number of ether oxygens (including phenoxy) is 2. The Balaban J connectivity index is 0.000000620. The zero-order valence-electron chi connectivity index (χ0n) is 48.7. The predicted octanol–water partition coefficient (Wildman–Crippen LogP) is 8.83. The lowest BCUT2D eigenvalue weighted by Crippen LogP contribution is -2.32. The highest BCUT2D eigenvalue weighted by atomic mass is 79.9. The van der Waals surface area contributed by atoms with Gasteiger partial charge in [0, 0.05) is 102 Å². The molecule has 3 aromatic carbocycles. The first kappa shape index (κ1) is 75.6. The molecule has 3 aromatic rings. The quantitative estimate of drug-likeness (QED) is 0.0108. The van der Waals surface area contributed by atoms with Crippen molar-refractivity contribution in [1.82, 2.24) is 10.5 Å². The zero-order valence-corrected chi connectivity index (χ0v) is 55.0. The van der Waals surface area contributed by atoms with Crippen LogP contribution in [0.15, 0.2) is 54.6 Å². The minimum atomic E-state index is -3.54. The maximum atomic E-state index is 12.5. The number of carboxylic acid groups (broad SMARTS) is 1. The van der Waals surface area contributed by atoms with Crippen molar-refractivity contribution < 1.29 is 51.2 Å². The lowest BCUT2D eigenvalue weighted by molar-refractivity contribution is -0.156. The smallest absolute Gasteiger partial charge is 0.306 e. The van der Waals surface area contributed by atoms with Crippen molar-refractivity contribution >= 4 is 139 Å². The molecule has 17 nitrogen and oxygen atoms in total. The zero-order chi connectivity index (χ0) is 61.3. The number of nitrogens with zero attached hydrogens (tertiary/aromatic N) is 3. The van der Waals surface area contributed by atoms with Gasteiger partial charge in [0.15, 0.2) is 0 Å². The van der Waals surface area contributed by atoms with Crippen LogP contribution < -0.4 is 30.9 Å². The summed E-state index contributed by atoms with van der Waals surface area (Å²) in [7, 11) is -0.890. The fraction of sp³-hybridized carbons (Fsp3) is 0.589. The van der Waals surface area contributed by atoms with Gasteiger partial charge in [-0.2, -0.15) is 8.42 Å². The van der Waals surface area contributed by atoms with E-state index in [-0.39, 0.29) is 55.6 Å². The van der Waals surface area contributed by atoms with Gasteiger partial charge in [0.25, 0.3) is 24.9 Å². The van der Waals surface area contributed by atoms with Gasteiger partial charge < -0.3 is 55.1 Å². The number of carbonyl (C=O) groups excluding carboxylic acids is 4. The average molecular weight is 1340 g/mol. The molecule has 0 heterocycles. The first-order valence-electron chi connectivity index (χ1n) is 26.7. The van der Waals surface area contributed by atoms with Crippen LogP contribution in [0.2, 0.25) is 0 Å². The third-order valence-electron chi connectivity index (χ3n) is 12.1. The van der Waals surface area contributed by atoms with Gasteiger partial charge in [0.05, 0.1) is 44.5 Å². The Bertz CT molecular complexity index is 2490. The van der Waals surface area contributed by atoms with E-state index in [4.69, 9.17) is 59.3 Å². The minimum absolute atomic E-state index is 0.00385. The van der Waals surface area contributed by atoms with E-state index in [9.17, 15) is 32.4 Å². The van der Waals surface area contributed by atoms with Gasteiger partial charge in [-0.05, 0) is 152 Å². The van der Waals surface area contributed by atoms with Crippen LogP contribution in [-0.2, 0) is 47.7 Å². The molecule has 0 aliphatic heterocycles. The van der Waals surface area contributed by atoms with Crippen LogP contribution in [0, 0.1) is 20.8 Å². The summed E-state index contributed by atoms with van der Waals surface area (Å²) in [5, 5.41) is 16.6. The number of carboxylic acids is 1. The topological polar surface area (TPSA) is 227 Å². The van der Waals surface area contributed by atoms with Gasteiger partial charge in [0.2, 0.25) is 0 Å². The normalized spacial score (nSPS) is 12.5. The molecular formula is C56H85B2Br2Cl3N6O11S. The Hall–Kier alpha value is -3.44. The number of nitrogens with two attached hydrogens (primary N) is 1. The number of esters is 2. The van der Waals surface area contributed by atoms with Crippen molar-refractivity contribution in [3.05, 3.63) is 88.0 Å². The number of rotatable bonds is 35. The molecule has 0 aliphatic rings. The molecule has 3 atom stereocenters. The fourth-order valence-electron chi connectivity index (χ4n) is 8.51. The highest BCUT2D eigenvalue weighted by Crippen LogP contribution is 2.32. The summed E-state index contributed by atoms with van der Waals surface area (Å²) in [5.74, 6) is -0.512. The van der Waals surface area contributed by atoms with Crippen molar-refractivity contribution in [3.63, 3.8) is 0 Å². The van der Waals surface area contributed by atoms with E-state index < -0.39 is 27.3 Å². The summed E-state index contributed by atoms with van der Waals surface area (Å²) in [6.45, 7) is 22.1. The van der Waals surface area contributed by atoms with Crippen LogP contribution in [-0.4, -0.2) is 170 Å². The summed E-state index contributed by atoms with van der Waals surface area (Å²) in [5.41, 5.74) is 13.7. The Labute approximate surface area is 516 Å². The van der Waals surface area contributed by atoms with Crippen LogP contribution in [0.3, 0.4) is 0 Å². The van der Waals surface area contributed by atoms with Crippen molar-refractivity contribution in [2.45, 2.75) is 111 Å². The number of halogens is 5. The number of hydrogen-bond donors (Lipinski definition) is 4. The number of aliphatic carboxylic acids is 1. The van der Waals surface area contributed by atoms with Gasteiger partial charge in [-0.25, -0.2) is 0 Å². The minimum Gasteiger partial charge on any atom is -0.481 e. The van der Waals surface area contributed by atoms with E-state index in [1.54, 1.807) is 0 Å². The predicted molar refractivity (Wildman–Crippen MR) is 342 cm³/mol.